The molecule has 0 aromatic heterocycles. The van der Waals surface area contributed by atoms with E-state index < -0.39 is 0 Å². The third-order valence-electron chi connectivity index (χ3n) is 5.22. The van der Waals surface area contributed by atoms with E-state index in [1.54, 1.807) is 0 Å². The first-order valence-electron chi connectivity index (χ1n) is 9.58. The standard InChI is InChI=1S/C23H28N2O2/c1-16-19(22(27)25-14-5-6-15-25)8-7-9-20(16)24-21(26)17-10-12-18(13-11-17)23(2,3)4/h7-13H,5-6,14-15H2,1-4H3,(H,24,26). The quantitative estimate of drug-likeness (QED) is 0.852. The van der Waals surface area contributed by atoms with Crippen LogP contribution < -0.4 is 5.32 Å². The molecule has 3 rings (SSSR count). The lowest BCUT2D eigenvalue weighted by molar-refractivity contribution is 0.0791. The van der Waals surface area contributed by atoms with Gasteiger partial charge in [-0.15, -0.1) is 0 Å². The van der Waals surface area contributed by atoms with Crippen LogP contribution in [0.15, 0.2) is 42.5 Å². The second-order valence-corrected chi connectivity index (χ2v) is 8.26. The fraction of sp³-hybridized carbons (Fsp3) is 0.391. The van der Waals surface area contributed by atoms with E-state index >= 15 is 0 Å². The highest BCUT2D eigenvalue weighted by Gasteiger charge is 2.22. The van der Waals surface area contributed by atoms with Crippen LogP contribution in [-0.4, -0.2) is 29.8 Å². The molecule has 0 saturated carbocycles. The van der Waals surface area contributed by atoms with Gasteiger partial charge in [-0.1, -0.05) is 39.0 Å². The summed E-state index contributed by atoms with van der Waals surface area (Å²) in [4.78, 5) is 27.3. The molecule has 0 aliphatic carbocycles. The molecular weight excluding hydrogens is 336 g/mol. The second-order valence-electron chi connectivity index (χ2n) is 8.26. The molecule has 142 valence electrons. The maximum atomic E-state index is 12.7. The number of nitrogens with one attached hydrogen (secondary N) is 1. The Morgan fingerprint density at radius 3 is 2.19 bits per heavy atom. The molecule has 1 heterocycles. The van der Waals surface area contributed by atoms with Crippen molar-refractivity contribution in [3.8, 4) is 0 Å². The number of nitrogens with zero attached hydrogens (tertiary/aromatic N) is 1. The molecular formula is C23H28N2O2. The minimum absolute atomic E-state index is 0.0514. The molecule has 1 fully saturated rings. The number of rotatable bonds is 3. The molecule has 0 radical (unpaired) electrons. The van der Waals surface area contributed by atoms with E-state index in [1.807, 2.05) is 54.3 Å². The predicted molar refractivity (Wildman–Crippen MR) is 109 cm³/mol. The zero-order valence-corrected chi connectivity index (χ0v) is 16.6. The molecule has 2 aromatic rings. The van der Waals surface area contributed by atoms with Gasteiger partial charge in [0.1, 0.15) is 0 Å². The van der Waals surface area contributed by atoms with Crippen molar-refractivity contribution in [2.75, 3.05) is 18.4 Å². The lowest BCUT2D eigenvalue weighted by atomic mass is 9.86. The van der Waals surface area contributed by atoms with Crippen molar-refractivity contribution in [1.29, 1.82) is 0 Å². The van der Waals surface area contributed by atoms with Gasteiger partial charge in [0.25, 0.3) is 11.8 Å². The molecule has 4 heteroatoms. The summed E-state index contributed by atoms with van der Waals surface area (Å²) >= 11 is 0. The highest BCUT2D eigenvalue weighted by Crippen LogP contribution is 2.24. The normalized spacial score (nSPS) is 14.3. The third-order valence-corrected chi connectivity index (χ3v) is 5.22. The minimum atomic E-state index is -0.163. The predicted octanol–water partition coefficient (Wildman–Crippen LogP) is 4.78. The molecule has 0 atom stereocenters. The van der Waals surface area contributed by atoms with E-state index in [4.69, 9.17) is 0 Å². The van der Waals surface area contributed by atoms with E-state index in [9.17, 15) is 9.59 Å². The number of anilines is 1. The fourth-order valence-corrected chi connectivity index (χ4v) is 3.41. The van der Waals surface area contributed by atoms with Gasteiger partial charge in [-0.3, -0.25) is 9.59 Å². The van der Waals surface area contributed by atoms with Crippen LogP contribution in [0.4, 0.5) is 5.69 Å². The summed E-state index contributed by atoms with van der Waals surface area (Å²) in [5, 5.41) is 2.96. The van der Waals surface area contributed by atoms with Crippen LogP contribution in [0.1, 0.15) is 65.5 Å². The first-order chi connectivity index (χ1) is 12.8. The minimum Gasteiger partial charge on any atom is -0.339 e. The first-order valence-corrected chi connectivity index (χ1v) is 9.58. The lowest BCUT2D eigenvalue weighted by Crippen LogP contribution is -2.28. The summed E-state index contributed by atoms with van der Waals surface area (Å²) in [5.41, 5.74) is 4.01. The number of likely N-dealkylation sites (tertiary alicyclic amines) is 1. The Kier molecular flexibility index (Phi) is 5.36. The van der Waals surface area contributed by atoms with Crippen molar-refractivity contribution in [1.82, 2.24) is 4.90 Å². The Hall–Kier alpha value is -2.62. The van der Waals surface area contributed by atoms with Crippen LogP contribution in [0.3, 0.4) is 0 Å². The largest absolute Gasteiger partial charge is 0.339 e. The molecule has 0 bridgehead atoms. The van der Waals surface area contributed by atoms with E-state index in [1.165, 1.54) is 5.56 Å². The Balaban J connectivity index is 1.78. The number of hydrogen-bond donors (Lipinski definition) is 1. The molecule has 0 unspecified atom stereocenters. The van der Waals surface area contributed by atoms with Crippen molar-refractivity contribution >= 4 is 17.5 Å². The molecule has 1 saturated heterocycles. The van der Waals surface area contributed by atoms with Gasteiger partial charge in [-0.2, -0.15) is 0 Å². The highest BCUT2D eigenvalue weighted by atomic mass is 16.2. The van der Waals surface area contributed by atoms with Gasteiger partial charge >= 0.3 is 0 Å². The Morgan fingerprint density at radius 2 is 1.59 bits per heavy atom. The van der Waals surface area contributed by atoms with E-state index in [0.29, 0.717) is 16.8 Å². The van der Waals surface area contributed by atoms with Crippen molar-refractivity contribution in [3.05, 3.63) is 64.7 Å². The van der Waals surface area contributed by atoms with Crippen LogP contribution in [0.25, 0.3) is 0 Å². The number of hydrogen-bond acceptors (Lipinski definition) is 2. The summed E-state index contributed by atoms with van der Waals surface area (Å²) in [5.74, 6) is -0.111. The van der Waals surface area contributed by atoms with Gasteiger partial charge in [-0.25, -0.2) is 0 Å². The molecule has 4 nitrogen and oxygen atoms in total. The summed E-state index contributed by atoms with van der Waals surface area (Å²) in [7, 11) is 0. The van der Waals surface area contributed by atoms with Crippen LogP contribution in [0, 0.1) is 6.92 Å². The van der Waals surface area contributed by atoms with Crippen LogP contribution in [0.2, 0.25) is 0 Å². The molecule has 27 heavy (non-hydrogen) atoms. The van der Waals surface area contributed by atoms with E-state index in [0.717, 1.165) is 31.5 Å². The van der Waals surface area contributed by atoms with Crippen molar-refractivity contribution in [3.63, 3.8) is 0 Å². The summed E-state index contributed by atoms with van der Waals surface area (Å²) in [6, 6.07) is 13.2. The van der Waals surface area contributed by atoms with Gasteiger partial charge < -0.3 is 10.2 Å². The smallest absolute Gasteiger partial charge is 0.255 e. The van der Waals surface area contributed by atoms with Crippen LogP contribution in [-0.2, 0) is 5.41 Å². The lowest BCUT2D eigenvalue weighted by Gasteiger charge is -2.19. The first kappa shape index (κ1) is 19.2. The monoisotopic (exact) mass is 364 g/mol. The summed E-state index contributed by atoms with van der Waals surface area (Å²) in [6.07, 6.45) is 2.12. The Morgan fingerprint density at radius 1 is 0.963 bits per heavy atom. The molecule has 1 N–H and O–H groups in total. The van der Waals surface area contributed by atoms with Crippen molar-refractivity contribution in [2.24, 2.45) is 0 Å². The number of benzene rings is 2. The number of carbonyl (C=O) groups excluding carboxylic acids is 2. The molecule has 1 aliphatic heterocycles. The second kappa shape index (κ2) is 7.55. The maximum absolute atomic E-state index is 12.7. The van der Waals surface area contributed by atoms with Gasteiger partial charge in [0.15, 0.2) is 0 Å². The molecule has 0 spiro atoms. The van der Waals surface area contributed by atoms with Gasteiger partial charge in [0.05, 0.1) is 0 Å². The average molecular weight is 364 g/mol. The summed E-state index contributed by atoms with van der Waals surface area (Å²) in [6.45, 7) is 9.96. The zero-order chi connectivity index (χ0) is 19.6. The highest BCUT2D eigenvalue weighted by molar-refractivity contribution is 6.06. The molecule has 2 aromatic carbocycles. The van der Waals surface area contributed by atoms with Gasteiger partial charge in [0, 0.05) is 29.9 Å². The molecule has 1 aliphatic rings. The van der Waals surface area contributed by atoms with Crippen molar-refractivity contribution in [2.45, 2.75) is 46.0 Å². The topological polar surface area (TPSA) is 49.4 Å². The van der Waals surface area contributed by atoms with Gasteiger partial charge in [-0.05, 0) is 60.6 Å². The zero-order valence-electron chi connectivity index (χ0n) is 16.6. The number of carbonyl (C=O) groups is 2. The van der Waals surface area contributed by atoms with Gasteiger partial charge in [0.2, 0.25) is 0 Å². The molecule has 2 amide bonds. The van der Waals surface area contributed by atoms with E-state index in [2.05, 4.69) is 26.1 Å². The average Bonchev–Trinajstić information content (AvgIpc) is 3.17. The third kappa shape index (κ3) is 4.21. The Bertz CT molecular complexity index is 842. The van der Waals surface area contributed by atoms with Crippen molar-refractivity contribution < 1.29 is 9.59 Å². The Labute approximate surface area is 161 Å². The fourth-order valence-electron chi connectivity index (χ4n) is 3.41. The maximum Gasteiger partial charge on any atom is 0.255 e. The van der Waals surface area contributed by atoms with Crippen LogP contribution >= 0.6 is 0 Å². The SMILES string of the molecule is Cc1c(NC(=O)c2ccc(C(C)(C)C)cc2)cccc1C(=O)N1CCCC1. The number of amides is 2. The van der Waals surface area contributed by atoms with E-state index in [-0.39, 0.29) is 17.2 Å². The van der Waals surface area contributed by atoms with Crippen LogP contribution in [0.5, 0.6) is 0 Å². The summed E-state index contributed by atoms with van der Waals surface area (Å²) < 4.78 is 0.